The van der Waals surface area contributed by atoms with Crippen LogP contribution in [0.4, 0.5) is 0 Å². The van der Waals surface area contributed by atoms with E-state index >= 15 is 0 Å². The molecule has 7 heteroatoms. The third-order valence-electron chi connectivity index (χ3n) is 3.30. The molecule has 0 rings (SSSR count). The second-order valence-electron chi connectivity index (χ2n) is 5.04. The maximum atomic E-state index is 10.9. The van der Waals surface area contributed by atoms with Crippen molar-refractivity contribution in [2.75, 3.05) is 19.6 Å². The van der Waals surface area contributed by atoms with Gasteiger partial charge in [0.25, 0.3) is 0 Å². The minimum Gasteiger partial charge on any atom is -0.302 e. The first-order valence-corrected chi connectivity index (χ1v) is 7.54. The number of rotatable bonds is 13. The van der Waals surface area contributed by atoms with Gasteiger partial charge in [-0.2, -0.15) is 10.5 Å². The Labute approximate surface area is 125 Å². The van der Waals surface area contributed by atoms with Gasteiger partial charge in [0, 0.05) is 13.1 Å². The van der Waals surface area contributed by atoms with Gasteiger partial charge >= 0.3 is 11.9 Å². The molecule has 7 nitrogen and oxygen atoms in total. The van der Waals surface area contributed by atoms with Crippen LogP contribution in [-0.2, 0) is 19.4 Å². The molecule has 0 radical (unpaired) electrons. The third-order valence-corrected chi connectivity index (χ3v) is 3.30. The van der Waals surface area contributed by atoms with Crippen molar-refractivity contribution in [3.05, 3.63) is 0 Å². The molecular weight excluding hydrogens is 278 g/mol. The van der Waals surface area contributed by atoms with E-state index in [4.69, 9.17) is 10.5 Å². The topological polar surface area (TPSA) is 96.3 Å². The second-order valence-corrected chi connectivity index (χ2v) is 5.04. The fraction of sp³-hybridized carbons (Fsp3) is 0.857. The van der Waals surface area contributed by atoms with Crippen LogP contribution in [0.3, 0.4) is 0 Å². The summed E-state index contributed by atoms with van der Waals surface area (Å²) in [6, 6.07) is 0. The Hall–Kier alpha value is -1.18. The lowest BCUT2D eigenvalue weighted by Gasteiger charge is -2.20. The Kier molecular flexibility index (Phi) is 13.0. The van der Waals surface area contributed by atoms with Gasteiger partial charge in [-0.1, -0.05) is 39.0 Å². The van der Waals surface area contributed by atoms with E-state index in [1.54, 1.807) is 0 Å². The lowest BCUT2D eigenvalue weighted by atomic mass is 10.1. The van der Waals surface area contributed by atoms with Crippen LogP contribution in [-0.4, -0.2) is 47.0 Å². The molecule has 0 aromatic heterocycles. The van der Waals surface area contributed by atoms with E-state index in [0.717, 1.165) is 19.4 Å². The molecule has 0 aliphatic carbocycles. The summed E-state index contributed by atoms with van der Waals surface area (Å²) in [6.45, 7) is 3.71. The SMILES string of the molecule is CCCCCCCCN(CCC(=O)OO)CCC(=O)OO. The first-order valence-electron chi connectivity index (χ1n) is 7.54. The van der Waals surface area contributed by atoms with Gasteiger partial charge in [-0.3, -0.25) is 0 Å². The van der Waals surface area contributed by atoms with Crippen LogP contribution in [0.2, 0.25) is 0 Å². The number of carbonyl (C=O) groups excluding carboxylic acids is 2. The van der Waals surface area contributed by atoms with Crippen molar-refractivity contribution in [2.24, 2.45) is 0 Å². The first kappa shape index (κ1) is 19.8. The van der Waals surface area contributed by atoms with Crippen LogP contribution < -0.4 is 0 Å². The van der Waals surface area contributed by atoms with E-state index in [1.165, 1.54) is 25.7 Å². The fourth-order valence-electron chi connectivity index (χ4n) is 2.04. The molecule has 0 saturated carbocycles. The van der Waals surface area contributed by atoms with E-state index < -0.39 is 11.9 Å². The van der Waals surface area contributed by atoms with E-state index in [2.05, 4.69) is 16.7 Å². The number of unbranched alkanes of at least 4 members (excludes halogenated alkanes) is 5. The Bertz CT molecular complexity index is 265. The van der Waals surface area contributed by atoms with Gasteiger partial charge < -0.3 is 14.7 Å². The van der Waals surface area contributed by atoms with E-state index in [-0.39, 0.29) is 12.8 Å². The van der Waals surface area contributed by atoms with Crippen LogP contribution in [0, 0.1) is 0 Å². The van der Waals surface area contributed by atoms with Gasteiger partial charge in [0.2, 0.25) is 0 Å². The predicted octanol–water partition coefficient (Wildman–Crippen LogP) is 2.46. The van der Waals surface area contributed by atoms with Gasteiger partial charge in [-0.25, -0.2) is 9.59 Å². The Morgan fingerprint density at radius 3 is 1.76 bits per heavy atom. The van der Waals surface area contributed by atoms with Crippen LogP contribution >= 0.6 is 0 Å². The van der Waals surface area contributed by atoms with Gasteiger partial charge in [-0.05, 0) is 13.0 Å². The average molecular weight is 305 g/mol. The van der Waals surface area contributed by atoms with Gasteiger partial charge in [0.05, 0.1) is 12.8 Å². The van der Waals surface area contributed by atoms with E-state index in [9.17, 15) is 9.59 Å². The smallest absolute Gasteiger partial charge is 0.302 e. The number of carbonyl (C=O) groups is 2. The molecule has 0 amide bonds. The maximum Gasteiger partial charge on any atom is 0.343 e. The average Bonchev–Trinajstić information content (AvgIpc) is 2.51. The Balaban J connectivity index is 3.93. The van der Waals surface area contributed by atoms with Crippen LogP contribution in [0.25, 0.3) is 0 Å². The standard InChI is InChI=1S/C14H27NO6/c1-2-3-4-5-6-7-10-15(11-8-13(16)20-18)12-9-14(17)21-19/h18-19H,2-12H2,1H3. The summed E-state index contributed by atoms with van der Waals surface area (Å²) >= 11 is 0. The van der Waals surface area contributed by atoms with Crippen LogP contribution in [0.5, 0.6) is 0 Å². The minimum atomic E-state index is -0.701. The van der Waals surface area contributed by atoms with Crippen molar-refractivity contribution in [1.29, 1.82) is 0 Å². The molecule has 0 bridgehead atoms. The zero-order valence-corrected chi connectivity index (χ0v) is 12.8. The lowest BCUT2D eigenvalue weighted by molar-refractivity contribution is -0.235. The summed E-state index contributed by atoms with van der Waals surface area (Å²) < 4.78 is 0. The van der Waals surface area contributed by atoms with Crippen LogP contribution in [0.1, 0.15) is 58.3 Å². The summed E-state index contributed by atoms with van der Waals surface area (Å²) in [5.41, 5.74) is 0. The zero-order valence-electron chi connectivity index (χ0n) is 12.8. The summed E-state index contributed by atoms with van der Waals surface area (Å²) in [6.07, 6.45) is 7.05. The normalized spacial score (nSPS) is 10.7. The monoisotopic (exact) mass is 305 g/mol. The van der Waals surface area contributed by atoms with E-state index in [1.807, 2.05) is 4.90 Å². The van der Waals surface area contributed by atoms with E-state index in [0.29, 0.717) is 13.1 Å². The summed E-state index contributed by atoms with van der Waals surface area (Å²) in [4.78, 5) is 31.0. The van der Waals surface area contributed by atoms with Crippen molar-refractivity contribution in [1.82, 2.24) is 4.90 Å². The molecule has 0 aromatic carbocycles. The zero-order chi connectivity index (χ0) is 15.9. The highest BCUT2D eigenvalue weighted by atomic mass is 17.1. The molecule has 124 valence electrons. The molecule has 0 atom stereocenters. The highest BCUT2D eigenvalue weighted by Crippen LogP contribution is 2.07. The van der Waals surface area contributed by atoms with Crippen molar-refractivity contribution in [3.63, 3.8) is 0 Å². The summed E-state index contributed by atoms with van der Waals surface area (Å²) in [5.74, 6) is -1.40. The molecule has 0 saturated heterocycles. The third kappa shape index (κ3) is 12.3. The quantitative estimate of drug-likeness (QED) is 0.306. The Morgan fingerprint density at radius 1 is 0.810 bits per heavy atom. The summed E-state index contributed by atoms with van der Waals surface area (Å²) in [5, 5.41) is 16.5. The minimum absolute atomic E-state index is 0.0561. The van der Waals surface area contributed by atoms with Crippen molar-refractivity contribution < 1.29 is 29.9 Å². The number of nitrogens with zero attached hydrogens (tertiary/aromatic N) is 1. The molecule has 0 aromatic rings. The summed E-state index contributed by atoms with van der Waals surface area (Å²) in [7, 11) is 0. The Morgan fingerprint density at radius 2 is 1.29 bits per heavy atom. The second kappa shape index (κ2) is 13.8. The van der Waals surface area contributed by atoms with Gasteiger partial charge in [0.1, 0.15) is 0 Å². The molecule has 21 heavy (non-hydrogen) atoms. The first-order chi connectivity index (χ1) is 10.1. The van der Waals surface area contributed by atoms with Gasteiger partial charge in [0.15, 0.2) is 0 Å². The molecule has 2 N–H and O–H groups in total. The number of hydrogen-bond acceptors (Lipinski definition) is 7. The fourth-order valence-corrected chi connectivity index (χ4v) is 2.04. The maximum absolute atomic E-state index is 10.9. The highest BCUT2D eigenvalue weighted by Gasteiger charge is 2.12. The van der Waals surface area contributed by atoms with Crippen molar-refractivity contribution >= 4 is 11.9 Å². The van der Waals surface area contributed by atoms with Gasteiger partial charge in [-0.15, -0.1) is 0 Å². The lowest BCUT2D eigenvalue weighted by Crippen LogP contribution is -2.30. The van der Waals surface area contributed by atoms with Crippen molar-refractivity contribution in [2.45, 2.75) is 58.3 Å². The largest absolute Gasteiger partial charge is 0.343 e. The molecule has 0 aliphatic rings. The molecule has 0 unspecified atom stereocenters. The molecule has 0 fully saturated rings. The predicted molar refractivity (Wildman–Crippen MR) is 76.5 cm³/mol. The molecular formula is C14H27NO6. The van der Waals surface area contributed by atoms with Crippen LogP contribution in [0.15, 0.2) is 0 Å². The number of hydrogen-bond donors (Lipinski definition) is 2. The molecule has 0 heterocycles. The molecule has 0 spiro atoms. The van der Waals surface area contributed by atoms with Crippen molar-refractivity contribution in [3.8, 4) is 0 Å². The molecule has 0 aliphatic heterocycles. The highest BCUT2D eigenvalue weighted by molar-refractivity contribution is 5.69.